The van der Waals surface area contributed by atoms with Crippen molar-refractivity contribution in [3.8, 4) is 11.5 Å². The molecule has 2 rings (SSSR count). The molecule has 0 aliphatic rings. The number of oxazole rings is 1. The molecule has 2 aromatic rings. The van der Waals surface area contributed by atoms with Gasteiger partial charge in [0.15, 0.2) is 6.29 Å². The maximum atomic E-state index is 10.5. The zero-order valence-corrected chi connectivity index (χ0v) is 7.60. The Kier molecular flexibility index (Phi) is 2.10. The standard InChI is InChI=1S/C10H8N2O2/c1-7-3-12-10(14-7)9-2-8(6-13)4-11-5-9/h2-6H,1H3. The molecule has 0 saturated heterocycles. The molecule has 0 radical (unpaired) electrons. The van der Waals surface area contributed by atoms with E-state index in [0.29, 0.717) is 17.0 Å². The SMILES string of the molecule is Cc1cnc(-c2cncc(C=O)c2)o1. The van der Waals surface area contributed by atoms with Crippen LogP contribution in [0, 0.1) is 6.92 Å². The number of hydrogen-bond acceptors (Lipinski definition) is 4. The van der Waals surface area contributed by atoms with Crippen LogP contribution in [0.1, 0.15) is 16.1 Å². The van der Waals surface area contributed by atoms with Crippen LogP contribution in [-0.4, -0.2) is 16.3 Å². The van der Waals surface area contributed by atoms with Crippen LogP contribution in [0.4, 0.5) is 0 Å². The van der Waals surface area contributed by atoms with E-state index in [-0.39, 0.29) is 0 Å². The first kappa shape index (κ1) is 8.62. The first-order valence-electron chi connectivity index (χ1n) is 4.12. The molecule has 4 nitrogen and oxygen atoms in total. The lowest BCUT2D eigenvalue weighted by atomic mass is 10.2. The Balaban J connectivity index is 2.46. The summed E-state index contributed by atoms with van der Waals surface area (Å²) in [6.45, 7) is 1.81. The fourth-order valence-electron chi connectivity index (χ4n) is 1.13. The summed E-state index contributed by atoms with van der Waals surface area (Å²) >= 11 is 0. The summed E-state index contributed by atoms with van der Waals surface area (Å²) in [5.74, 6) is 1.22. The van der Waals surface area contributed by atoms with Crippen molar-refractivity contribution >= 4 is 6.29 Å². The molecule has 2 heterocycles. The number of carbonyl (C=O) groups excluding carboxylic acids is 1. The van der Waals surface area contributed by atoms with Crippen molar-refractivity contribution in [3.63, 3.8) is 0 Å². The van der Waals surface area contributed by atoms with Crippen molar-refractivity contribution in [1.82, 2.24) is 9.97 Å². The van der Waals surface area contributed by atoms with Crippen molar-refractivity contribution in [2.75, 3.05) is 0 Å². The third-order valence-corrected chi connectivity index (χ3v) is 1.76. The number of hydrogen-bond donors (Lipinski definition) is 0. The predicted octanol–water partition coefficient (Wildman–Crippen LogP) is 1.86. The van der Waals surface area contributed by atoms with E-state index in [0.717, 1.165) is 12.0 Å². The van der Waals surface area contributed by atoms with Gasteiger partial charge in [0.1, 0.15) is 5.76 Å². The van der Waals surface area contributed by atoms with Gasteiger partial charge in [-0.1, -0.05) is 0 Å². The monoisotopic (exact) mass is 188 g/mol. The van der Waals surface area contributed by atoms with Gasteiger partial charge < -0.3 is 4.42 Å². The average Bonchev–Trinajstić information content (AvgIpc) is 2.65. The lowest BCUT2D eigenvalue weighted by Gasteiger charge is -1.94. The smallest absolute Gasteiger partial charge is 0.227 e. The second-order valence-electron chi connectivity index (χ2n) is 2.90. The van der Waals surface area contributed by atoms with Gasteiger partial charge in [-0.25, -0.2) is 4.98 Å². The number of aromatic nitrogens is 2. The number of nitrogens with zero attached hydrogens (tertiary/aromatic N) is 2. The van der Waals surface area contributed by atoms with Gasteiger partial charge in [-0.3, -0.25) is 9.78 Å². The lowest BCUT2D eigenvalue weighted by Crippen LogP contribution is -1.85. The second kappa shape index (κ2) is 3.41. The van der Waals surface area contributed by atoms with Crippen molar-refractivity contribution in [3.05, 3.63) is 36.0 Å². The Morgan fingerprint density at radius 2 is 2.21 bits per heavy atom. The van der Waals surface area contributed by atoms with Crippen molar-refractivity contribution in [2.24, 2.45) is 0 Å². The van der Waals surface area contributed by atoms with E-state index in [1.165, 1.54) is 6.20 Å². The highest BCUT2D eigenvalue weighted by atomic mass is 16.4. The zero-order chi connectivity index (χ0) is 9.97. The van der Waals surface area contributed by atoms with Crippen LogP contribution in [-0.2, 0) is 0 Å². The molecule has 0 atom stereocenters. The molecule has 0 unspecified atom stereocenters. The Bertz CT molecular complexity index is 463. The van der Waals surface area contributed by atoms with E-state index < -0.39 is 0 Å². The largest absolute Gasteiger partial charge is 0.441 e. The molecule has 4 heteroatoms. The normalized spacial score (nSPS) is 10.1. The Morgan fingerprint density at radius 3 is 2.86 bits per heavy atom. The molecule has 0 bridgehead atoms. The van der Waals surface area contributed by atoms with Gasteiger partial charge in [-0.05, 0) is 13.0 Å². The molecule has 2 aromatic heterocycles. The number of carbonyl (C=O) groups is 1. The van der Waals surface area contributed by atoms with Gasteiger partial charge in [0.25, 0.3) is 0 Å². The molecule has 0 fully saturated rings. The number of aldehydes is 1. The maximum Gasteiger partial charge on any atom is 0.227 e. The van der Waals surface area contributed by atoms with Gasteiger partial charge in [0.05, 0.1) is 11.8 Å². The zero-order valence-electron chi connectivity index (χ0n) is 7.60. The van der Waals surface area contributed by atoms with Crippen LogP contribution < -0.4 is 0 Å². The molecule has 0 spiro atoms. The van der Waals surface area contributed by atoms with Gasteiger partial charge in [-0.15, -0.1) is 0 Å². The van der Waals surface area contributed by atoms with Gasteiger partial charge in [-0.2, -0.15) is 0 Å². The Morgan fingerprint density at radius 1 is 1.36 bits per heavy atom. The third-order valence-electron chi connectivity index (χ3n) is 1.76. The van der Waals surface area contributed by atoms with E-state index in [1.54, 1.807) is 18.5 Å². The summed E-state index contributed by atoms with van der Waals surface area (Å²) in [7, 11) is 0. The minimum atomic E-state index is 0.485. The maximum absolute atomic E-state index is 10.5. The predicted molar refractivity (Wildman–Crippen MR) is 49.9 cm³/mol. The summed E-state index contributed by atoms with van der Waals surface area (Å²) in [6, 6.07) is 1.69. The molecule has 0 saturated carbocycles. The highest BCUT2D eigenvalue weighted by Gasteiger charge is 2.04. The van der Waals surface area contributed by atoms with E-state index >= 15 is 0 Å². The fourth-order valence-corrected chi connectivity index (χ4v) is 1.13. The average molecular weight is 188 g/mol. The quantitative estimate of drug-likeness (QED) is 0.675. The molecule has 14 heavy (non-hydrogen) atoms. The third kappa shape index (κ3) is 1.54. The minimum absolute atomic E-state index is 0.485. The molecule has 70 valence electrons. The molecule has 0 amide bonds. The highest BCUT2D eigenvalue weighted by Crippen LogP contribution is 2.18. The molecular weight excluding hydrogens is 180 g/mol. The van der Waals surface area contributed by atoms with Gasteiger partial charge in [0.2, 0.25) is 5.89 Å². The van der Waals surface area contributed by atoms with Gasteiger partial charge in [0, 0.05) is 18.0 Å². The number of aryl methyl sites for hydroxylation is 1. The fraction of sp³-hybridized carbons (Fsp3) is 0.100. The molecule has 0 aliphatic carbocycles. The van der Waals surface area contributed by atoms with E-state index in [9.17, 15) is 4.79 Å². The summed E-state index contributed by atoms with van der Waals surface area (Å²) < 4.78 is 5.30. The summed E-state index contributed by atoms with van der Waals surface area (Å²) in [4.78, 5) is 18.5. The van der Waals surface area contributed by atoms with Gasteiger partial charge >= 0.3 is 0 Å². The van der Waals surface area contributed by atoms with E-state index in [2.05, 4.69) is 9.97 Å². The molecule has 0 aliphatic heterocycles. The molecule has 0 aromatic carbocycles. The number of rotatable bonds is 2. The van der Waals surface area contributed by atoms with Crippen LogP contribution in [0.15, 0.2) is 29.1 Å². The second-order valence-corrected chi connectivity index (χ2v) is 2.90. The summed E-state index contributed by atoms with van der Waals surface area (Å²) in [5.41, 5.74) is 1.22. The first-order chi connectivity index (χ1) is 6.79. The minimum Gasteiger partial charge on any atom is -0.441 e. The molecular formula is C10H8N2O2. The summed E-state index contributed by atoms with van der Waals surface area (Å²) in [6.07, 6.45) is 5.47. The topological polar surface area (TPSA) is 56.0 Å². The van der Waals surface area contributed by atoms with Crippen LogP contribution in [0.3, 0.4) is 0 Å². The Hall–Kier alpha value is -1.97. The van der Waals surface area contributed by atoms with Crippen molar-refractivity contribution in [2.45, 2.75) is 6.92 Å². The van der Waals surface area contributed by atoms with Crippen LogP contribution in [0.25, 0.3) is 11.5 Å². The summed E-state index contributed by atoms with van der Waals surface area (Å²) in [5, 5.41) is 0. The van der Waals surface area contributed by atoms with Crippen LogP contribution in [0.2, 0.25) is 0 Å². The lowest BCUT2D eigenvalue weighted by molar-refractivity contribution is 0.112. The van der Waals surface area contributed by atoms with E-state index in [4.69, 9.17) is 4.42 Å². The van der Waals surface area contributed by atoms with Crippen LogP contribution in [0.5, 0.6) is 0 Å². The Labute approximate surface area is 80.6 Å². The molecule has 0 N–H and O–H groups in total. The van der Waals surface area contributed by atoms with Crippen LogP contribution >= 0.6 is 0 Å². The first-order valence-corrected chi connectivity index (χ1v) is 4.12. The van der Waals surface area contributed by atoms with Crippen molar-refractivity contribution in [1.29, 1.82) is 0 Å². The van der Waals surface area contributed by atoms with E-state index in [1.807, 2.05) is 6.92 Å². The number of pyridine rings is 1. The highest BCUT2D eigenvalue weighted by molar-refractivity contribution is 5.76. The van der Waals surface area contributed by atoms with Crippen molar-refractivity contribution < 1.29 is 9.21 Å².